The number of aryl methyl sites for hydroxylation is 2. The second kappa shape index (κ2) is 5.89. The van der Waals surface area contributed by atoms with Gasteiger partial charge in [0.1, 0.15) is 5.75 Å². The Kier molecular flexibility index (Phi) is 4.22. The fourth-order valence-corrected chi connectivity index (χ4v) is 2.05. The van der Waals surface area contributed by atoms with Gasteiger partial charge in [-0.2, -0.15) is 5.10 Å². The van der Waals surface area contributed by atoms with Gasteiger partial charge in [0, 0.05) is 37.0 Å². The number of nitrogens with zero attached hydrogens (tertiary/aromatic N) is 2. The van der Waals surface area contributed by atoms with Crippen molar-refractivity contribution in [3.05, 3.63) is 47.3 Å². The largest absolute Gasteiger partial charge is 0.493 e. The maximum atomic E-state index is 5.96. The summed E-state index contributed by atoms with van der Waals surface area (Å²) in [6, 6.07) is 8.13. The highest BCUT2D eigenvalue weighted by Gasteiger charge is 2.08. The van der Waals surface area contributed by atoms with E-state index in [0.29, 0.717) is 6.61 Å². The summed E-state index contributed by atoms with van der Waals surface area (Å²) in [4.78, 5) is 0. The van der Waals surface area contributed by atoms with Crippen molar-refractivity contribution >= 4 is 0 Å². The number of aromatic nitrogens is 2. The molecule has 102 valence electrons. The summed E-state index contributed by atoms with van der Waals surface area (Å²) in [7, 11) is 1.94. The first-order chi connectivity index (χ1) is 9.08. The average molecular weight is 259 g/mol. The lowest BCUT2D eigenvalue weighted by Crippen LogP contribution is -2.11. The molecule has 0 bridgehead atoms. The minimum atomic E-state index is -0.0210. The van der Waals surface area contributed by atoms with E-state index in [4.69, 9.17) is 10.5 Å². The second-order valence-corrected chi connectivity index (χ2v) is 4.87. The Balaban J connectivity index is 2.03. The summed E-state index contributed by atoms with van der Waals surface area (Å²) >= 11 is 0. The molecule has 0 aliphatic rings. The summed E-state index contributed by atoms with van der Waals surface area (Å²) < 4.78 is 7.75. The zero-order valence-corrected chi connectivity index (χ0v) is 11.8. The molecule has 0 spiro atoms. The molecule has 1 aromatic heterocycles. The van der Waals surface area contributed by atoms with Gasteiger partial charge in [0.05, 0.1) is 6.61 Å². The molecule has 2 aromatic rings. The van der Waals surface area contributed by atoms with Crippen LogP contribution in [-0.4, -0.2) is 16.4 Å². The maximum Gasteiger partial charge on any atom is 0.124 e. The highest BCUT2D eigenvalue weighted by atomic mass is 16.5. The van der Waals surface area contributed by atoms with E-state index < -0.39 is 0 Å². The Morgan fingerprint density at radius 3 is 2.79 bits per heavy atom. The fraction of sp³-hybridized carbons (Fsp3) is 0.400. The minimum absolute atomic E-state index is 0.0210. The van der Waals surface area contributed by atoms with Gasteiger partial charge in [-0.05, 0) is 31.5 Å². The molecule has 4 heteroatoms. The first-order valence-electron chi connectivity index (χ1n) is 6.53. The number of hydrogen-bond acceptors (Lipinski definition) is 3. The van der Waals surface area contributed by atoms with E-state index in [-0.39, 0.29) is 6.04 Å². The van der Waals surface area contributed by atoms with Crippen LogP contribution in [0.4, 0.5) is 0 Å². The van der Waals surface area contributed by atoms with Crippen LogP contribution in [0.1, 0.15) is 29.8 Å². The van der Waals surface area contributed by atoms with Crippen molar-refractivity contribution in [1.82, 2.24) is 9.78 Å². The van der Waals surface area contributed by atoms with Gasteiger partial charge < -0.3 is 10.5 Å². The van der Waals surface area contributed by atoms with Crippen molar-refractivity contribution in [2.24, 2.45) is 12.8 Å². The summed E-state index contributed by atoms with van der Waals surface area (Å²) in [6.45, 7) is 4.65. The number of nitrogens with two attached hydrogens (primary N) is 1. The van der Waals surface area contributed by atoms with Gasteiger partial charge in [-0.25, -0.2) is 0 Å². The molecule has 1 aromatic carbocycles. The zero-order valence-electron chi connectivity index (χ0n) is 11.8. The van der Waals surface area contributed by atoms with E-state index in [1.165, 1.54) is 5.56 Å². The third kappa shape index (κ3) is 3.35. The van der Waals surface area contributed by atoms with E-state index in [0.717, 1.165) is 23.4 Å². The Morgan fingerprint density at radius 2 is 2.16 bits per heavy atom. The Hall–Kier alpha value is -1.81. The first kappa shape index (κ1) is 13.6. The van der Waals surface area contributed by atoms with Crippen LogP contribution in [-0.2, 0) is 13.5 Å². The molecule has 2 rings (SSSR count). The highest BCUT2D eigenvalue weighted by molar-refractivity contribution is 5.38. The smallest absolute Gasteiger partial charge is 0.124 e. The van der Waals surface area contributed by atoms with E-state index in [2.05, 4.69) is 18.1 Å². The van der Waals surface area contributed by atoms with Gasteiger partial charge in [0.25, 0.3) is 0 Å². The average Bonchev–Trinajstić information content (AvgIpc) is 2.75. The normalized spacial score (nSPS) is 12.4. The van der Waals surface area contributed by atoms with Crippen LogP contribution >= 0.6 is 0 Å². The van der Waals surface area contributed by atoms with Crippen molar-refractivity contribution in [3.8, 4) is 5.75 Å². The molecule has 4 nitrogen and oxygen atoms in total. The molecule has 2 N–H and O–H groups in total. The van der Waals surface area contributed by atoms with Crippen LogP contribution in [0.5, 0.6) is 5.75 Å². The van der Waals surface area contributed by atoms with Gasteiger partial charge in [-0.3, -0.25) is 4.68 Å². The van der Waals surface area contributed by atoms with Gasteiger partial charge >= 0.3 is 0 Å². The number of rotatable bonds is 5. The highest BCUT2D eigenvalue weighted by Crippen LogP contribution is 2.25. The lowest BCUT2D eigenvalue weighted by Gasteiger charge is -2.14. The lowest BCUT2D eigenvalue weighted by molar-refractivity contribution is 0.313. The summed E-state index contributed by atoms with van der Waals surface area (Å²) in [6.07, 6.45) is 2.64. The van der Waals surface area contributed by atoms with Gasteiger partial charge in [0.15, 0.2) is 0 Å². The maximum absolute atomic E-state index is 5.96. The molecule has 1 atom stereocenters. The quantitative estimate of drug-likeness (QED) is 0.897. The fourth-order valence-electron chi connectivity index (χ4n) is 2.05. The van der Waals surface area contributed by atoms with Gasteiger partial charge in [0.2, 0.25) is 0 Å². The third-order valence-electron chi connectivity index (χ3n) is 3.20. The monoisotopic (exact) mass is 259 g/mol. The van der Waals surface area contributed by atoms with Crippen LogP contribution in [0.2, 0.25) is 0 Å². The molecule has 0 radical (unpaired) electrons. The van der Waals surface area contributed by atoms with E-state index >= 15 is 0 Å². The van der Waals surface area contributed by atoms with Gasteiger partial charge in [-0.15, -0.1) is 0 Å². The standard InChI is InChI=1S/C15H21N3O/c1-11-4-5-14(12(2)16)15(10-11)19-9-7-13-6-8-17-18(13)3/h4-6,8,10,12H,7,9,16H2,1-3H3/t12-/m0/s1. The Labute approximate surface area is 114 Å². The van der Waals surface area contributed by atoms with Gasteiger partial charge in [-0.1, -0.05) is 12.1 Å². The number of ether oxygens (including phenoxy) is 1. The van der Waals surface area contributed by atoms with Crippen molar-refractivity contribution < 1.29 is 4.74 Å². The molecule has 0 saturated carbocycles. The molecule has 0 fully saturated rings. The van der Waals surface area contributed by atoms with Crippen molar-refractivity contribution in [2.75, 3.05) is 6.61 Å². The predicted octanol–water partition coefficient (Wildman–Crippen LogP) is 2.37. The number of hydrogen-bond donors (Lipinski definition) is 1. The van der Waals surface area contributed by atoms with Crippen molar-refractivity contribution in [1.29, 1.82) is 0 Å². The van der Waals surface area contributed by atoms with E-state index in [9.17, 15) is 0 Å². The molecule has 0 saturated heterocycles. The van der Waals surface area contributed by atoms with Crippen LogP contribution in [0.15, 0.2) is 30.5 Å². The first-order valence-corrected chi connectivity index (χ1v) is 6.53. The Bertz CT molecular complexity index is 546. The molecule has 1 heterocycles. The Morgan fingerprint density at radius 1 is 1.37 bits per heavy atom. The summed E-state index contributed by atoms with van der Waals surface area (Å²) in [5.74, 6) is 0.886. The summed E-state index contributed by atoms with van der Waals surface area (Å²) in [5, 5.41) is 4.14. The molecule has 0 unspecified atom stereocenters. The molecular weight excluding hydrogens is 238 g/mol. The molecular formula is C15H21N3O. The van der Waals surface area contributed by atoms with E-state index in [1.54, 1.807) is 6.20 Å². The SMILES string of the molecule is Cc1ccc([C@H](C)N)c(OCCc2ccnn2C)c1. The summed E-state index contributed by atoms with van der Waals surface area (Å²) in [5.41, 5.74) is 9.35. The topological polar surface area (TPSA) is 53.1 Å². The number of benzene rings is 1. The minimum Gasteiger partial charge on any atom is -0.493 e. The molecule has 19 heavy (non-hydrogen) atoms. The second-order valence-electron chi connectivity index (χ2n) is 4.87. The lowest BCUT2D eigenvalue weighted by atomic mass is 10.1. The van der Waals surface area contributed by atoms with Crippen molar-refractivity contribution in [2.45, 2.75) is 26.3 Å². The third-order valence-corrected chi connectivity index (χ3v) is 3.20. The van der Waals surface area contributed by atoms with Crippen LogP contribution in [0, 0.1) is 6.92 Å². The predicted molar refractivity (Wildman–Crippen MR) is 76.2 cm³/mol. The molecule has 0 aliphatic carbocycles. The molecule has 0 aliphatic heterocycles. The van der Waals surface area contributed by atoms with Crippen LogP contribution in [0.3, 0.4) is 0 Å². The van der Waals surface area contributed by atoms with E-state index in [1.807, 2.05) is 36.9 Å². The van der Waals surface area contributed by atoms with Crippen molar-refractivity contribution in [3.63, 3.8) is 0 Å². The molecule has 0 amide bonds. The zero-order chi connectivity index (χ0) is 13.8. The van der Waals surface area contributed by atoms with Crippen LogP contribution in [0.25, 0.3) is 0 Å². The van der Waals surface area contributed by atoms with Crippen LogP contribution < -0.4 is 10.5 Å².